The third-order valence-corrected chi connectivity index (χ3v) is 4.13. The Kier molecular flexibility index (Phi) is 4.65. The number of amides is 1. The van der Waals surface area contributed by atoms with Gasteiger partial charge in [0.05, 0.1) is 16.5 Å². The van der Waals surface area contributed by atoms with Crippen molar-refractivity contribution in [1.29, 1.82) is 0 Å². The fraction of sp³-hybridized carbons (Fsp3) is 0.333. The molecule has 2 heterocycles. The minimum Gasteiger partial charge on any atom is -0.449 e. The molecule has 1 aliphatic heterocycles. The van der Waals surface area contributed by atoms with Gasteiger partial charge in [-0.25, -0.2) is 9.78 Å². The normalized spacial score (nSPS) is 14.0. The Labute approximate surface area is 144 Å². The number of nitrogens with one attached hydrogen (secondary N) is 1. The van der Waals surface area contributed by atoms with Crippen LogP contribution in [0.2, 0.25) is 0 Å². The second-order valence-electron chi connectivity index (χ2n) is 5.90. The summed E-state index contributed by atoms with van der Waals surface area (Å²) in [5, 5.41) is 3.03. The number of aryl methyl sites for hydroxylation is 1. The summed E-state index contributed by atoms with van der Waals surface area (Å²) in [5.74, 6) is -0.297. The number of ether oxygens (including phenoxy) is 1. The highest BCUT2D eigenvalue weighted by Crippen LogP contribution is 2.17. The van der Waals surface area contributed by atoms with Crippen LogP contribution in [0.15, 0.2) is 35.6 Å². The molecule has 3 rings (SSSR count). The van der Waals surface area contributed by atoms with E-state index in [0.717, 1.165) is 18.7 Å². The number of esters is 1. The zero-order chi connectivity index (χ0) is 18.0. The Morgan fingerprint density at radius 2 is 2.28 bits per heavy atom. The largest absolute Gasteiger partial charge is 0.449 e. The predicted octanol–water partition coefficient (Wildman–Crippen LogP) is 1.19. The number of carbonyl (C=O) groups excluding carboxylic acids is 2. The number of hydrogen-bond acceptors (Lipinski definition) is 5. The van der Waals surface area contributed by atoms with E-state index in [1.165, 1.54) is 19.1 Å². The summed E-state index contributed by atoms with van der Waals surface area (Å²) in [5.41, 5.74) is 0.636. The van der Waals surface area contributed by atoms with Crippen LogP contribution in [-0.4, -0.2) is 34.1 Å². The van der Waals surface area contributed by atoms with Gasteiger partial charge in [-0.2, -0.15) is 0 Å². The molecule has 130 valence electrons. The molecule has 0 aliphatic carbocycles. The standard InChI is InChI=1S/C18H19N3O4/c1-3-8-19-16(22)11(2)25-18(24)12-6-7-13-14(10-12)20-15-5-4-9-21(15)17(13)23/h3,6-7,10-11H,1,4-5,8-9H2,2H3,(H,19,22)/t11-/m0/s1. The number of fused-ring (bicyclic) bond motifs is 2. The zero-order valence-corrected chi connectivity index (χ0v) is 13.9. The molecule has 0 fully saturated rings. The van der Waals surface area contributed by atoms with Crippen molar-refractivity contribution >= 4 is 22.8 Å². The maximum atomic E-state index is 12.4. The third-order valence-electron chi connectivity index (χ3n) is 4.13. The van der Waals surface area contributed by atoms with Gasteiger partial charge in [-0.05, 0) is 31.5 Å². The maximum Gasteiger partial charge on any atom is 0.338 e. The second kappa shape index (κ2) is 6.88. The lowest BCUT2D eigenvalue weighted by Gasteiger charge is -2.13. The molecule has 1 aromatic heterocycles. The average molecular weight is 341 g/mol. The van der Waals surface area contributed by atoms with E-state index in [-0.39, 0.29) is 11.1 Å². The van der Waals surface area contributed by atoms with E-state index < -0.39 is 18.0 Å². The van der Waals surface area contributed by atoms with Gasteiger partial charge >= 0.3 is 5.97 Å². The molecule has 1 amide bonds. The van der Waals surface area contributed by atoms with Gasteiger partial charge in [-0.3, -0.25) is 14.2 Å². The summed E-state index contributed by atoms with van der Waals surface area (Å²) in [6.45, 7) is 5.98. The summed E-state index contributed by atoms with van der Waals surface area (Å²) < 4.78 is 6.84. The zero-order valence-electron chi connectivity index (χ0n) is 13.9. The highest BCUT2D eigenvalue weighted by Gasteiger charge is 2.20. The van der Waals surface area contributed by atoms with Gasteiger partial charge in [0.25, 0.3) is 11.5 Å². The Morgan fingerprint density at radius 3 is 3.04 bits per heavy atom. The van der Waals surface area contributed by atoms with E-state index in [0.29, 0.717) is 24.0 Å². The van der Waals surface area contributed by atoms with Crippen LogP contribution >= 0.6 is 0 Å². The van der Waals surface area contributed by atoms with Crippen LogP contribution in [0.1, 0.15) is 29.5 Å². The number of hydrogen-bond donors (Lipinski definition) is 1. The SMILES string of the molecule is C=CCNC(=O)[C@H](C)OC(=O)c1ccc2c(=O)n3c(nc2c1)CCC3. The summed E-state index contributed by atoms with van der Waals surface area (Å²) >= 11 is 0. The van der Waals surface area contributed by atoms with Crippen molar-refractivity contribution in [3.05, 3.63) is 52.6 Å². The first-order valence-corrected chi connectivity index (χ1v) is 8.14. The van der Waals surface area contributed by atoms with Crippen LogP contribution in [0.25, 0.3) is 10.9 Å². The molecule has 0 saturated heterocycles. The van der Waals surface area contributed by atoms with Crippen molar-refractivity contribution in [1.82, 2.24) is 14.9 Å². The van der Waals surface area contributed by atoms with Crippen LogP contribution in [0.3, 0.4) is 0 Å². The van der Waals surface area contributed by atoms with E-state index in [1.54, 1.807) is 16.7 Å². The van der Waals surface area contributed by atoms with Crippen LogP contribution in [0, 0.1) is 0 Å². The number of nitrogens with zero attached hydrogens (tertiary/aromatic N) is 2. The molecular formula is C18H19N3O4. The quantitative estimate of drug-likeness (QED) is 0.652. The molecule has 0 unspecified atom stereocenters. The molecule has 0 radical (unpaired) electrons. The Morgan fingerprint density at radius 1 is 1.48 bits per heavy atom. The summed E-state index contributed by atoms with van der Waals surface area (Å²) in [4.78, 5) is 40.9. The molecule has 2 aromatic rings. The molecule has 25 heavy (non-hydrogen) atoms. The molecule has 1 N–H and O–H groups in total. The molecular weight excluding hydrogens is 322 g/mol. The first-order chi connectivity index (χ1) is 12.0. The van der Waals surface area contributed by atoms with Crippen molar-refractivity contribution in [2.45, 2.75) is 32.4 Å². The van der Waals surface area contributed by atoms with Crippen molar-refractivity contribution in [2.24, 2.45) is 0 Å². The van der Waals surface area contributed by atoms with Gasteiger partial charge < -0.3 is 10.1 Å². The van der Waals surface area contributed by atoms with Crippen molar-refractivity contribution in [3.63, 3.8) is 0 Å². The molecule has 1 aliphatic rings. The average Bonchev–Trinajstić information content (AvgIpc) is 3.07. The molecule has 0 bridgehead atoms. The maximum absolute atomic E-state index is 12.4. The summed E-state index contributed by atoms with van der Waals surface area (Å²) in [7, 11) is 0. The monoisotopic (exact) mass is 341 g/mol. The molecule has 0 spiro atoms. The van der Waals surface area contributed by atoms with Gasteiger partial charge in [-0.15, -0.1) is 6.58 Å². The highest BCUT2D eigenvalue weighted by molar-refractivity contribution is 5.95. The van der Waals surface area contributed by atoms with Crippen LogP contribution in [0.5, 0.6) is 0 Å². The number of carbonyl (C=O) groups is 2. The van der Waals surface area contributed by atoms with Gasteiger partial charge in [-0.1, -0.05) is 6.08 Å². The van der Waals surface area contributed by atoms with Crippen molar-refractivity contribution in [3.8, 4) is 0 Å². The topological polar surface area (TPSA) is 90.3 Å². The predicted molar refractivity (Wildman–Crippen MR) is 92.4 cm³/mol. The van der Waals surface area contributed by atoms with Crippen molar-refractivity contribution < 1.29 is 14.3 Å². The fourth-order valence-corrected chi connectivity index (χ4v) is 2.81. The fourth-order valence-electron chi connectivity index (χ4n) is 2.81. The lowest BCUT2D eigenvalue weighted by atomic mass is 10.1. The number of aromatic nitrogens is 2. The van der Waals surface area contributed by atoms with Gasteiger partial charge in [0.15, 0.2) is 6.10 Å². The summed E-state index contributed by atoms with van der Waals surface area (Å²) in [6.07, 6.45) is 2.26. The van der Waals surface area contributed by atoms with E-state index in [4.69, 9.17) is 4.74 Å². The third kappa shape index (κ3) is 3.31. The lowest BCUT2D eigenvalue weighted by Crippen LogP contribution is -2.35. The van der Waals surface area contributed by atoms with E-state index in [1.807, 2.05) is 0 Å². The number of benzene rings is 1. The molecule has 1 atom stereocenters. The Bertz CT molecular complexity index is 916. The Hall–Kier alpha value is -2.96. The molecule has 7 nitrogen and oxygen atoms in total. The number of rotatable bonds is 5. The van der Waals surface area contributed by atoms with Gasteiger partial charge in [0, 0.05) is 19.5 Å². The summed E-state index contributed by atoms with van der Waals surface area (Å²) in [6, 6.07) is 4.63. The first kappa shape index (κ1) is 16.9. The smallest absolute Gasteiger partial charge is 0.338 e. The molecule has 7 heteroatoms. The van der Waals surface area contributed by atoms with Crippen LogP contribution in [0.4, 0.5) is 0 Å². The van der Waals surface area contributed by atoms with Crippen molar-refractivity contribution in [2.75, 3.05) is 6.54 Å². The first-order valence-electron chi connectivity index (χ1n) is 8.14. The van der Waals surface area contributed by atoms with E-state index >= 15 is 0 Å². The van der Waals surface area contributed by atoms with E-state index in [2.05, 4.69) is 16.9 Å². The van der Waals surface area contributed by atoms with Crippen LogP contribution in [-0.2, 0) is 22.5 Å². The van der Waals surface area contributed by atoms with Crippen LogP contribution < -0.4 is 10.9 Å². The van der Waals surface area contributed by atoms with E-state index in [9.17, 15) is 14.4 Å². The molecule has 0 saturated carbocycles. The van der Waals surface area contributed by atoms with Gasteiger partial charge in [0.1, 0.15) is 5.82 Å². The highest BCUT2D eigenvalue weighted by atomic mass is 16.5. The Balaban J connectivity index is 1.83. The second-order valence-corrected chi connectivity index (χ2v) is 5.90. The lowest BCUT2D eigenvalue weighted by molar-refractivity contribution is -0.128. The minimum absolute atomic E-state index is 0.0883. The van der Waals surface area contributed by atoms with Gasteiger partial charge in [0.2, 0.25) is 0 Å². The minimum atomic E-state index is -0.929. The molecule has 1 aromatic carbocycles.